The first-order valence-electron chi connectivity index (χ1n) is 15.4. The highest BCUT2D eigenvalue weighted by atomic mass is 16.6. The van der Waals surface area contributed by atoms with Gasteiger partial charge in [0.1, 0.15) is 11.9 Å². The fourth-order valence-electron chi connectivity index (χ4n) is 9.22. The molecule has 7 heteroatoms. The van der Waals surface area contributed by atoms with Gasteiger partial charge in [-0.3, -0.25) is 14.9 Å². The van der Waals surface area contributed by atoms with E-state index in [1.807, 2.05) is 25.2 Å². The molecule has 0 spiro atoms. The molecule has 220 valence electrons. The number of nitrogens with zero attached hydrogens (tertiary/aromatic N) is 1. The van der Waals surface area contributed by atoms with E-state index in [-0.39, 0.29) is 40.8 Å². The molecule has 3 saturated carbocycles. The summed E-state index contributed by atoms with van der Waals surface area (Å²) in [6.45, 7) is 10.2. The number of aliphatic hydroxyl groups is 1. The van der Waals surface area contributed by atoms with Crippen molar-refractivity contribution in [3.05, 3.63) is 35.9 Å². The van der Waals surface area contributed by atoms with Crippen molar-refractivity contribution in [2.45, 2.75) is 91.3 Å². The van der Waals surface area contributed by atoms with Crippen molar-refractivity contribution in [2.75, 3.05) is 20.1 Å². The molecular formula is C33H48N2O5. The van der Waals surface area contributed by atoms with Gasteiger partial charge in [0.2, 0.25) is 5.91 Å². The van der Waals surface area contributed by atoms with Gasteiger partial charge in [0.15, 0.2) is 0 Å². The van der Waals surface area contributed by atoms with E-state index >= 15 is 0 Å². The second-order valence-electron chi connectivity index (χ2n) is 14.2. The average molecular weight is 553 g/mol. The molecular weight excluding hydrogens is 504 g/mol. The number of rotatable bonds is 4. The number of piperidine rings is 1. The van der Waals surface area contributed by atoms with E-state index in [0.29, 0.717) is 32.1 Å². The molecule has 8 atom stereocenters. The molecule has 4 aliphatic rings. The minimum absolute atomic E-state index is 0.0646. The fraction of sp³-hybridized carbons (Fsp3) is 0.727. The predicted octanol–water partition coefficient (Wildman–Crippen LogP) is 5.00. The molecule has 40 heavy (non-hydrogen) atoms. The normalized spacial score (nSPS) is 40.5. The summed E-state index contributed by atoms with van der Waals surface area (Å²) in [7, 11) is 2.04. The van der Waals surface area contributed by atoms with Crippen LogP contribution in [0.25, 0.3) is 0 Å². The van der Waals surface area contributed by atoms with E-state index in [9.17, 15) is 19.5 Å². The summed E-state index contributed by atoms with van der Waals surface area (Å²) >= 11 is 0. The standard InChI is InChI=1S/C33H48N2O5/c1-21-11-15-33-16-12-25(36)27(33)32(21,4)26(40-30(39)34-29(38)24-13-17-35(5)18-14-24)20-31(3,28(37)22(33)2)19-23-9-7-6-8-10-23/h6-10,21-22,24,26-28,37H,11-20H2,1-5H3,(H,34,38,39)/t21-,22+,26-,27?,28+,31-,32+,33?/m1/s1. The molecule has 0 aromatic heterocycles. The number of amides is 2. The summed E-state index contributed by atoms with van der Waals surface area (Å²) < 4.78 is 6.29. The number of ether oxygens (including phenoxy) is 1. The van der Waals surface area contributed by atoms with Gasteiger partial charge in [-0.2, -0.15) is 0 Å². The average Bonchev–Trinajstić information content (AvgIpc) is 3.28. The number of alkyl carbamates (subject to hydrolysis) is 1. The first kappa shape index (κ1) is 29.2. The zero-order valence-electron chi connectivity index (χ0n) is 24.9. The van der Waals surface area contributed by atoms with E-state index in [1.165, 1.54) is 0 Å². The molecule has 3 aliphatic carbocycles. The van der Waals surface area contributed by atoms with Gasteiger partial charge in [0.05, 0.1) is 6.10 Å². The van der Waals surface area contributed by atoms with Crippen molar-refractivity contribution in [1.82, 2.24) is 10.2 Å². The molecule has 2 amide bonds. The topological polar surface area (TPSA) is 95.9 Å². The summed E-state index contributed by atoms with van der Waals surface area (Å²) in [5, 5.41) is 14.7. The van der Waals surface area contributed by atoms with Crippen LogP contribution >= 0.6 is 0 Å². The number of ketones is 1. The van der Waals surface area contributed by atoms with Crippen molar-refractivity contribution < 1.29 is 24.2 Å². The van der Waals surface area contributed by atoms with Gasteiger partial charge in [-0.1, -0.05) is 58.0 Å². The number of hydrogen-bond acceptors (Lipinski definition) is 6. The van der Waals surface area contributed by atoms with Crippen LogP contribution < -0.4 is 5.32 Å². The molecule has 7 nitrogen and oxygen atoms in total. The van der Waals surface area contributed by atoms with Crippen LogP contribution in [0.1, 0.15) is 78.2 Å². The molecule has 1 aromatic carbocycles. The zero-order valence-corrected chi connectivity index (χ0v) is 24.9. The predicted molar refractivity (Wildman–Crippen MR) is 153 cm³/mol. The molecule has 1 aliphatic heterocycles. The van der Waals surface area contributed by atoms with Crippen molar-refractivity contribution in [1.29, 1.82) is 0 Å². The van der Waals surface area contributed by atoms with Crippen LogP contribution in [0.3, 0.4) is 0 Å². The van der Waals surface area contributed by atoms with Crippen LogP contribution in [-0.4, -0.2) is 60.1 Å². The number of nitrogens with one attached hydrogen (secondary N) is 1. The van der Waals surface area contributed by atoms with Crippen molar-refractivity contribution >= 4 is 17.8 Å². The molecule has 1 heterocycles. The molecule has 5 rings (SSSR count). The quantitative estimate of drug-likeness (QED) is 0.546. The summed E-state index contributed by atoms with van der Waals surface area (Å²) in [6.07, 6.45) is 3.56. The Morgan fingerprint density at radius 3 is 2.42 bits per heavy atom. The number of benzene rings is 1. The lowest BCUT2D eigenvalue weighted by Crippen LogP contribution is -2.64. The van der Waals surface area contributed by atoms with E-state index < -0.39 is 29.1 Å². The monoisotopic (exact) mass is 552 g/mol. The number of carbonyl (C=O) groups excluding carboxylic acids is 3. The molecule has 1 aromatic rings. The number of aliphatic hydroxyl groups excluding tert-OH is 1. The highest BCUT2D eigenvalue weighted by molar-refractivity contribution is 5.93. The minimum Gasteiger partial charge on any atom is -0.445 e. The second-order valence-corrected chi connectivity index (χ2v) is 14.2. The minimum atomic E-state index is -0.728. The maximum absolute atomic E-state index is 13.7. The maximum atomic E-state index is 13.7. The molecule has 2 N–H and O–H groups in total. The number of likely N-dealkylation sites (tertiary alicyclic amines) is 1. The Kier molecular flexibility index (Phi) is 7.94. The first-order valence-corrected chi connectivity index (χ1v) is 15.4. The van der Waals surface area contributed by atoms with Crippen molar-refractivity contribution in [2.24, 2.45) is 39.9 Å². The van der Waals surface area contributed by atoms with Crippen LogP contribution in [0.15, 0.2) is 30.3 Å². The first-order chi connectivity index (χ1) is 18.9. The summed E-state index contributed by atoms with van der Waals surface area (Å²) in [6, 6.07) is 10.2. The van der Waals surface area contributed by atoms with Crippen molar-refractivity contribution in [3.8, 4) is 0 Å². The SMILES string of the molecule is C[C@@H]1CCC23CCC(=O)C2[C@]1(C)[C@H](OC(=O)NC(=O)C1CCN(C)CC1)C[C@@](C)(Cc1ccccc1)[C@@H](O)[C@@H]3C. The Morgan fingerprint density at radius 2 is 1.75 bits per heavy atom. The smallest absolute Gasteiger partial charge is 0.414 e. The molecule has 2 unspecified atom stereocenters. The molecule has 2 bridgehead atoms. The third kappa shape index (κ3) is 4.91. The summed E-state index contributed by atoms with van der Waals surface area (Å²) in [5.41, 5.74) is -0.382. The number of Topliss-reactive ketones (excluding diaryl/α,β-unsaturated/α-hetero) is 1. The van der Waals surface area contributed by atoms with Gasteiger partial charge in [0, 0.05) is 29.1 Å². The van der Waals surface area contributed by atoms with Gasteiger partial charge in [-0.05, 0) is 87.9 Å². The van der Waals surface area contributed by atoms with Gasteiger partial charge < -0.3 is 14.7 Å². The van der Waals surface area contributed by atoms with Crippen LogP contribution in [-0.2, 0) is 20.7 Å². The third-order valence-corrected chi connectivity index (χ3v) is 11.9. The Balaban J connectivity index is 1.49. The van der Waals surface area contributed by atoms with Gasteiger partial charge in [-0.25, -0.2) is 4.79 Å². The Labute approximate surface area is 239 Å². The summed E-state index contributed by atoms with van der Waals surface area (Å²) in [5.74, 6) is -0.449. The van der Waals surface area contributed by atoms with E-state index in [2.05, 4.69) is 50.0 Å². The molecule has 4 fully saturated rings. The van der Waals surface area contributed by atoms with Crippen LogP contribution in [0.4, 0.5) is 4.79 Å². The van der Waals surface area contributed by atoms with E-state index in [4.69, 9.17) is 4.74 Å². The fourth-order valence-corrected chi connectivity index (χ4v) is 9.22. The third-order valence-electron chi connectivity index (χ3n) is 11.9. The van der Waals surface area contributed by atoms with E-state index in [0.717, 1.165) is 37.9 Å². The van der Waals surface area contributed by atoms with Crippen LogP contribution in [0.2, 0.25) is 0 Å². The lowest BCUT2D eigenvalue weighted by Gasteiger charge is -2.62. The van der Waals surface area contributed by atoms with E-state index in [1.54, 1.807) is 0 Å². The number of imide groups is 1. The number of carbonyl (C=O) groups is 3. The van der Waals surface area contributed by atoms with Crippen LogP contribution in [0, 0.1) is 39.9 Å². The maximum Gasteiger partial charge on any atom is 0.414 e. The van der Waals surface area contributed by atoms with Gasteiger partial charge in [0.25, 0.3) is 0 Å². The second kappa shape index (κ2) is 10.9. The largest absolute Gasteiger partial charge is 0.445 e. The molecule has 1 saturated heterocycles. The van der Waals surface area contributed by atoms with Crippen molar-refractivity contribution in [3.63, 3.8) is 0 Å². The number of hydrogen-bond donors (Lipinski definition) is 2. The highest BCUT2D eigenvalue weighted by Gasteiger charge is 2.68. The Bertz CT molecular complexity index is 1120. The lowest BCUT2D eigenvalue weighted by atomic mass is 9.43. The lowest BCUT2D eigenvalue weighted by molar-refractivity contribution is -0.198. The Morgan fingerprint density at radius 1 is 1.07 bits per heavy atom. The zero-order chi connectivity index (χ0) is 28.9. The highest BCUT2D eigenvalue weighted by Crippen LogP contribution is 2.68. The summed E-state index contributed by atoms with van der Waals surface area (Å²) in [4.78, 5) is 42.3. The van der Waals surface area contributed by atoms with Gasteiger partial charge in [-0.15, -0.1) is 0 Å². The van der Waals surface area contributed by atoms with Crippen LogP contribution in [0.5, 0.6) is 0 Å². The molecule has 0 radical (unpaired) electrons. The van der Waals surface area contributed by atoms with Gasteiger partial charge >= 0.3 is 6.09 Å². The Hall–Kier alpha value is -2.25.